The van der Waals surface area contributed by atoms with Gasteiger partial charge < -0.3 is 4.84 Å². The fourth-order valence-electron chi connectivity index (χ4n) is 0.873. The molecular weight excluding hydrogens is 164 g/mol. The van der Waals surface area contributed by atoms with E-state index >= 15 is 0 Å². The third-order valence-electron chi connectivity index (χ3n) is 1.38. The number of hydrogen-bond acceptors (Lipinski definition) is 3. The predicted octanol–water partition coefficient (Wildman–Crippen LogP) is 1.83. The molecule has 0 aromatic rings. The molecule has 1 atom stereocenters. The Morgan fingerprint density at radius 1 is 1.73 bits per heavy atom. The Bertz CT molecular complexity index is 170. The summed E-state index contributed by atoms with van der Waals surface area (Å²) in [5.74, 6) is 1.30. The molecule has 4 heteroatoms. The highest BCUT2D eigenvalue weighted by Gasteiger charge is 2.22. The van der Waals surface area contributed by atoms with Gasteiger partial charge in [-0.1, -0.05) is 25.4 Å². The largest absolute Gasteiger partial charge is 0.388 e. The van der Waals surface area contributed by atoms with Crippen molar-refractivity contribution < 1.29 is 4.84 Å². The van der Waals surface area contributed by atoms with Gasteiger partial charge in [-0.2, -0.15) is 0 Å². The maximum atomic E-state index is 5.75. The quantitative estimate of drug-likeness (QED) is 0.474. The van der Waals surface area contributed by atoms with E-state index in [4.69, 9.17) is 16.4 Å². The third kappa shape index (κ3) is 2.34. The molecule has 0 spiro atoms. The van der Waals surface area contributed by atoms with Crippen LogP contribution in [0.4, 0.5) is 0 Å². The smallest absolute Gasteiger partial charge is 0.212 e. The summed E-state index contributed by atoms with van der Waals surface area (Å²) in [5.41, 5.74) is -0.344. The third-order valence-corrected chi connectivity index (χ3v) is 1.76. The predicted molar refractivity (Wildman–Crippen MR) is 45.4 cm³/mol. The van der Waals surface area contributed by atoms with Gasteiger partial charge in [-0.3, -0.25) is 0 Å². The number of nitrogens with zero attached hydrogens (tertiary/aromatic N) is 2. The molecule has 0 amide bonds. The van der Waals surface area contributed by atoms with Crippen LogP contribution in [0.5, 0.6) is 0 Å². The summed E-state index contributed by atoms with van der Waals surface area (Å²) in [6.07, 6.45) is 0.855. The molecule has 1 rings (SSSR count). The highest BCUT2D eigenvalue weighted by atomic mass is 35.5. The van der Waals surface area contributed by atoms with Crippen molar-refractivity contribution >= 4 is 17.5 Å². The topological polar surface area (TPSA) is 24.8 Å². The Labute approximate surface area is 71.9 Å². The van der Waals surface area contributed by atoms with Gasteiger partial charge in [0.15, 0.2) is 0 Å². The van der Waals surface area contributed by atoms with Gasteiger partial charge >= 0.3 is 0 Å². The molecule has 1 unspecified atom stereocenters. The van der Waals surface area contributed by atoms with Crippen LogP contribution >= 0.6 is 11.6 Å². The molecule has 0 aromatic carbocycles. The van der Waals surface area contributed by atoms with E-state index in [2.05, 4.69) is 18.8 Å². The van der Waals surface area contributed by atoms with E-state index in [0.29, 0.717) is 5.92 Å². The van der Waals surface area contributed by atoms with E-state index in [9.17, 15) is 0 Å². The molecule has 11 heavy (non-hydrogen) atoms. The molecule has 0 saturated heterocycles. The van der Waals surface area contributed by atoms with E-state index in [1.165, 1.54) is 0 Å². The summed E-state index contributed by atoms with van der Waals surface area (Å²) in [7, 11) is 1.77. The second-order valence-corrected chi connectivity index (χ2v) is 3.46. The molecule has 3 nitrogen and oxygen atoms in total. The number of rotatable bonds is 2. The van der Waals surface area contributed by atoms with Crippen LogP contribution < -0.4 is 0 Å². The average Bonchev–Trinajstić information content (AvgIpc) is 2.10. The van der Waals surface area contributed by atoms with Gasteiger partial charge in [0.25, 0.3) is 0 Å². The highest BCUT2D eigenvalue weighted by molar-refractivity contribution is 6.21. The van der Waals surface area contributed by atoms with Gasteiger partial charge in [-0.15, -0.1) is 5.06 Å². The first-order valence-corrected chi connectivity index (χ1v) is 4.15. The number of hydroxylamine groups is 2. The Morgan fingerprint density at radius 2 is 2.36 bits per heavy atom. The molecular formula is C7H13ClN2O. The first-order chi connectivity index (χ1) is 5.09. The lowest BCUT2D eigenvalue weighted by atomic mass is 10.1. The van der Waals surface area contributed by atoms with Crippen LogP contribution in [0.25, 0.3) is 0 Å². The average molecular weight is 177 g/mol. The Balaban J connectivity index is 2.43. The van der Waals surface area contributed by atoms with Crippen molar-refractivity contribution in [2.45, 2.75) is 25.9 Å². The summed E-state index contributed by atoms with van der Waals surface area (Å²) in [5, 5.41) is 1.54. The Hall–Kier alpha value is -0.280. The van der Waals surface area contributed by atoms with Crippen molar-refractivity contribution in [1.82, 2.24) is 5.06 Å². The molecule has 1 heterocycles. The van der Waals surface area contributed by atoms with Gasteiger partial charge in [-0.25, -0.2) is 4.99 Å². The molecule has 64 valence electrons. The van der Waals surface area contributed by atoms with E-state index in [1.807, 2.05) is 0 Å². The van der Waals surface area contributed by atoms with Crippen molar-refractivity contribution in [3.8, 4) is 0 Å². The highest BCUT2D eigenvalue weighted by Crippen LogP contribution is 2.16. The summed E-state index contributed by atoms with van der Waals surface area (Å²) in [6, 6.07) is 0. The van der Waals surface area contributed by atoms with Crippen molar-refractivity contribution in [3.63, 3.8) is 0 Å². The van der Waals surface area contributed by atoms with Gasteiger partial charge in [0.05, 0.1) is 0 Å². The molecule has 0 aliphatic carbocycles. The normalized spacial score (nSPS) is 25.5. The molecule has 0 saturated carbocycles. The number of hydrogen-bond donors (Lipinski definition) is 0. The van der Waals surface area contributed by atoms with E-state index in [-0.39, 0.29) is 5.62 Å². The summed E-state index contributed by atoms with van der Waals surface area (Å²) in [6.45, 7) is 4.24. The standard InChI is InChI=1S/C7H13ClN2O/c1-5(2)4-6-9-7(8)10(3)11-6/h5,7H,4H2,1-3H3. The summed E-state index contributed by atoms with van der Waals surface area (Å²) >= 11 is 5.75. The fraction of sp³-hybridized carbons (Fsp3) is 0.857. The van der Waals surface area contributed by atoms with Crippen LogP contribution in [0.3, 0.4) is 0 Å². The fourth-order valence-corrected chi connectivity index (χ4v) is 1.02. The van der Waals surface area contributed by atoms with Gasteiger partial charge in [0.1, 0.15) is 0 Å². The van der Waals surface area contributed by atoms with Gasteiger partial charge in [0.2, 0.25) is 11.5 Å². The van der Waals surface area contributed by atoms with Crippen LogP contribution in [-0.2, 0) is 4.84 Å². The van der Waals surface area contributed by atoms with E-state index < -0.39 is 0 Å². The maximum Gasteiger partial charge on any atom is 0.212 e. The molecule has 0 radical (unpaired) electrons. The lowest BCUT2D eigenvalue weighted by Crippen LogP contribution is -2.20. The minimum atomic E-state index is -0.344. The van der Waals surface area contributed by atoms with Crippen LogP contribution in [-0.4, -0.2) is 23.6 Å². The molecule has 1 aliphatic rings. The van der Waals surface area contributed by atoms with Crippen molar-refractivity contribution in [2.75, 3.05) is 7.05 Å². The first-order valence-electron chi connectivity index (χ1n) is 3.71. The van der Waals surface area contributed by atoms with Crippen molar-refractivity contribution in [3.05, 3.63) is 0 Å². The summed E-state index contributed by atoms with van der Waals surface area (Å²) in [4.78, 5) is 9.33. The minimum absolute atomic E-state index is 0.344. The maximum absolute atomic E-state index is 5.75. The molecule has 1 aliphatic heterocycles. The summed E-state index contributed by atoms with van der Waals surface area (Å²) < 4.78 is 0. The SMILES string of the molecule is CC(C)CC1=NC(Cl)N(C)O1. The monoisotopic (exact) mass is 176 g/mol. The zero-order chi connectivity index (χ0) is 8.43. The molecule has 0 bridgehead atoms. The lowest BCUT2D eigenvalue weighted by Gasteiger charge is -2.10. The van der Waals surface area contributed by atoms with Gasteiger partial charge in [0, 0.05) is 13.5 Å². The van der Waals surface area contributed by atoms with Gasteiger partial charge in [-0.05, 0) is 5.92 Å². The number of alkyl halides is 1. The van der Waals surface area contributed by atoms with Crippen LogP contribution in [0.1, 0.15) is 20.3 Å². The van der Waals surface area contributed by atoms with Crippen LogP contribution in [0, 0.1) is 5.92 Å². The molecule has 0 fully saturated rings. The zero-order valence-electron chi connectivity index (χ0n) is 7.04. The van der Waals surface area contributed by atoms with Crippen molar-refractivity contribution in [2.24, 2.45) is 10.9 Å². The molecule has 0 N–H and O–H groups in total. The van der Waals surface area contributed by atoms with Crippen molar-refractivity contribution in [1.29, 1.82) is 0 Å². The van der Waals surface area contributed by atoms with E-state index in [0.717, 1.165) is 12.3 Å². The zero-order valence-corrected chi connectivity index (χ0v) is 7.80. The number of halogens is 1. The lowest BCUT2D eigenvalue weighted by molar-refractivity contribution is -0.0361. The minimum Gasteiger partial charge on any atom is -0.388 e. The second kappa shape index (κ2) is 3.41. The van der Waals surface area contributed by atoms with Crippen LogP contribution in [0.15, 0.2) is 4.99 Å². The Morgan fingerprint density at radius 3 is 2.73 bits per heavy atom. The first kappa shape index (κ1) is 8.81. The second-order valence-electron chi connectivity index (χ2n) is 3.07. The van der Waals surface area contributed by atoms with Crippen LogP contribution in [0.2, 0.25) is 0 Å². The number of aliphatic imine (C=N–C) groups is 1. The Kier molecular flexibility index (Phi) is 2.73. The molecule has 0 aromatic heterocycles. The van der Waals surface area contributed by atoms with E-state index in [1.54, 1.807) is 12.1 Å².